The molecule has 4 heteroatoms. The van der Waals surface area contributed by atoms with Gasteiger partial charge in [0.15, 0.2) is 0 Å². The molecule has 4 N–H and O–H groups in total. The Morgan fingerprint density at radius 1 is 1.67 bits per heavy atom. The lowest BCUT2D eigenvalue weighted by Gasteiger charge is -1.99. The summed E-state index contributed by atoms with van der Waals surface area (Å²) in [6, 6.07) is 3.77. The second kappa shape index (κ2) is 3.69. The van der Waals surface area contributed by atoms with Crippen LogP contribution in [0.5, 0.6) is 0 Å². The third-order valence-corrected chi connectivity index (χ3v) is 2.55. The molecule has 1 atom stereocenters. The van der Waals surface area contributed by atoms with Crippen molar-refractivity contribution in [3.8, 4) is 0 Å². The minimum absolute atomic E-state index is 0.129. The summed E-state index contributed by atoms with van der Waals surface area (Å²) in [6.07, 6.45) is 0.804. The van der Waals surface area contributed by atoms with E-state index in [0.717, 1.165) is 11.3 Å². The van der Waals surface area contributed by atoms with Gasteiger partial charge in [0.2, 0.25) is 0 Å². The SMILES string of the molecule is CC(N)Cc1ccc(C(N)=O)s1. The van der Waals surface area contributed by atoms with Crippen LogP contribution < -0.4 is 11.5 Å². The fraction of sp³-hybridized carbons (Fsp3) is 0.375. The number of hydrogen-bond acceptors (Lipinski definition) is 3. The maximum absolute atomic E-state index is 10.7. The third kappa shape index (κ3) is 2.32. The van der Waals surface area contributed by atoms with Crippen LogP contribution >= 0.6 is 11.3 Å². The van der Waals surface area contributed by atoms with Crippen molar-refractivity contribution in [1.82, 2.24) is 0 Å². The summed E-state index contributed by atoms with van der Waals surface area (Å²) in [7, 11) is 0. The molecular weight excluding hydrogens is 172 g/mol. The van der Waals surface area contributed by atoms with Crippen LogP contribution in [0, 0.1) is 0 Å². The van der Waals surface area contributed by atoms with Gasteiger partial charge in [-0.25, -0.2) is 0 Å². The molecule has 66 valence electrons. The van der Waals surface area contributed by atoms with Gasteiger partial charge in [-0.15, -0.1) is 11.3 Å². The van der Waals surface area contributed by atoms with E-state index in [0.29, 0.717) is 4.88 Å². The van der Waals surface area contributed by atoms with E-state index in [1.54, 1.807) is 6.07 Å². The van der Waals surface area contributed by atoms with E-state index in [-0.39, 0.29) is 11.9 Å². The van der Waals surface area contributed by atoms with Gasteiger partial charge in [-0.1, -0.05) is 0 Å². The number of rotatable bonds is 3. The molecule has 0 aliphatic carbocycles. The van der Waals surface area contributed by atoms with Gasteiger partial charge in [-0.05, 0) is 25.5 Å². The largest absolute Gasteiger partial charge is 0.365 e. The first-order valence-electron chi connectivity index (χ1n) is 3.73. The van der Waals surface area contributed by atoms with Crippen LogP contribution in [0.2, 0.25) is 0 Å². The zero-order valence-electron chi connectivity index (χ0n) is 6.91. The van der Waals surface area contributed by atoms with Crippen molar-refractivity contribution in [1.29, 1.82) is 0 Å². The second-order valence-electron chi connectivity index (χ2n) is 2.81. The first kappa shape index (κ1) is 9.22. The molecule has 1 heterocycles. The predicted octanol–water partition coefficient (Wildman–Crippen LogP) is 0.737. The highest BCUT2D eigenvalue weighted by molar-refractivity contribution is 7.14. The maximum Gasteiger partial charge on any atom is 0.258 e. The van der Waals surface area contributed by atoms with Gasteiger partial charge in [0.05, 0.1) is 4.88 Å². The number of amides is 1. The van der Waals surface area contributed by atoms with E-state index in [4.69, 9.17) is 11.5 Å². The lowest BCUT2D eigenvalue weighted by Crippen LogP contribution is -2.16. The van der Waals surface area contributed by atoms with E-state index >= 15 is 0 Å². The molecule has 0 saturated carbocycles. The van der Waals surface area contributed by atoms with Gasteiger partial charge in [-0.2, -0.15) is 0 Å². The van der Waals surface area contributed by atoms with Crippen molar-refractivity contribution in [2.75, 3.05) is 0 Å². The van der Waals surface area contributed by atoms with Gasteiger partial charge in [-0.3, -0.25) is 4.79 Å². The summed E-state index contributed by atoms with van der Waals surface area (Å²) in [4.78, 5) is 12.4. The Kier molecular flexibility index (Phi) is 2.83. The second-order valence-corrected chi connectivity index (χ2v) is 3.98. The van der Waals surface area contributed by atoms with Crippen LogP contribution in [0.25, 0.3) is 0 Å². The van der Waals surface area contributed by atoms with Crippen molar-refractivity contribution in [3.05, 3.63) is 21.9 Å². The molecule has 0 bridgehead atoms. The summed E-state index contributed by atoms with van der Waals surface area (Å²) < 4.78 is 0. The normalized spacial score (nSPS) is 12.8. The molecule has 0 aliphatic heterocycles. The van der Waals surface area contributed by atoms with Crippen molar-refractivity contribution >= 4 is 17.2 Å². The average Bonchev–Trinajstić information content (AvgIpc) is 2.34. The number of thiophene rings is 1. The van der Waals surface area contributed by atoms with Crippen LogP contribution in [-0.2, 0) is 6.42 Å². The highest BCUT2D eigenvalue weighted by Gasteiger charge is 2.05. The molecule has 1 amide bonds. The molecule has 0 fully saturated rings. The summed E-state index contributed by atoms with van der Waals surface area (Å²) in [5, 5.41) is 0. The van der Waals surface area contributed by atoms with Gasteiger partial charge in [0, 0.05) is 10.9 Å². The molecule has 0 aromatic carbocycles. The maximum atomic E-state index is 10.7. The van der Waals surface area contributed by atoms with Crippen molar-refractivity contribution in [2.45, 2.75) is 19.4 Å². The molecular formula is C8H12N2OS. The third-order valence-electron chi connectivity index (χ3n) is 1.43. The number of carbonyl (C=O) groups is 1. The predicted molar refractivity (Wildman–Crippen MR) is 50.2 cm³/mol. The van der Waals surface area contributed by atoms with Crippen LogP contribution in [0.1, 0.15) is 21.5 Å². The van der Waals surface area contributed by atoms with E-state index < -0.39 is 0 Å². The summed E-state index contributed by atoms with van der Waals surface area (Å²) in [6.45, 7) is 1.93. The fourth-order valence-corrected chi connectivity index (χ4v) is 1.94. The smallest absolute Gasteiger partial charge is 0.258 e. The number of hydrogen-bond donors (Lipinski definition) is 2. The van der Waals surface area contributed by atoms with E-state index in [2.05, 4.69) is 0 Å². The molecule has 0 aliphatic rings. The van der Waals surface area contributed by atoms with Crippen molar-refractivity contribution in [3.63, 3.8) is 0 Å². The lowest BCUT2D eigenvalue weighted by molar-refractivity contribution is 0.100. The van der Waals surface area contributed by atoms with E-state index in [9.17, 15) is 4.79 Å². The molecule has 1 aromatic heterocycles. The van der Waals surface area contributed by atoms with Gasteiger partial charge in [0.25, 0.3) is 5.91 Å². The van der Waals surface area contributed by atoms with Crippen molar-refractivity contribution in [2.24, 2.45) is 11.5 Å². The Hall–Kier alpha value is -0.870. The number of carbonyl (C=O) groups excluding carboxylic acids is 1. The van der Waals surface area contributed by atoms with Gasteiger partial charge >= 0.3 is 0 Å². The van der Waals surface area contributed by atoms with Crippen LogP contribution in [0.3, 0.4) is 0 Å². The minimum atomic E-state index is -0.365. The van der Waals surface area contributed by atoms with Crippen LogP contribution in [0.4, 0.5) is 0 Å². The van der Waals surface area contributed by atoms with Crippen molar-refractivity contribution < 1.29 is 4.79 Å². The first-order valence-corrected chi connectivity index (χ1v) is 4.55. The molecule has 0 radical (unpaired) electrons. The van der Waals surface area contributed by atoms with E-state index in [1.807, 2.05) is 13.0 Å². The quantitative estimate of drug-likeness (QED) is 0.727. The fourth-order valence-electron chi connectivity index (χ4n) is 0.937. The zero-order valence-corrected chi connectivity index (χ0v) is 7.73. The molecule has 0 spiro atoms. The van der Waals surface area contributed by atoms with E-state index in [1.165, 1.54) is 11.3 Å². The average molecular weight is 184 g/mol. The minimum Gasteiger partial charge on any atom is -0.365 e. The first-order chi connectivity index (χ1) is 5.59. The Balaban J connectivity index is 2.71. The Morgan fingerprint density at radius 2 is 2.33 bits per heavy atom. The Morgan fingerprint density at radius 3 is 2.75 bits per heavy atom. The van der Waals surface area contributed by atoms with Crippen LogP contribution in [-0.4, -0.2) is 11.9 Å². The number of nitrogens with two attached hydrogens (primary N) is 2. The highest BCUT2D eigenvalue weighted by Crippen LogP contribution is 2.16. The molecule has 1 unspecified atom stereocenters. The lowest BCUT2D eigenvalue weighted by atomic mass is 10.2. The highest BCUT2D eigenvalue weighted by atomic mass is 32.1. The van der Waals surface area contributed by atoms with Gasteiger partial charge in [0.1, 0.15) is 0 Å². The Bertz CT molecular complexity index is 280. The zero-order chi connectivity index (χ0) is 9.14. The van der Waals surface area contributed by atoms with Gasteiger partial charge < -0.3 is 11.5 Å². The molecule has 1 aromatic rings. The standard InChI is InChI=1S/C8H12N2OS/c1-5(9)4-6-2-3-7(12-6)8(10)11/h2-3,5H,4,9H2,1H3,(H2,10,11). The summed E-state index contributed by atoms with van der Waals surface area (Å²) in [5.41, 5.74) is 10.7. The summed E-state index contributed by atoms with van der Waals surface area (Å²) >= 11 is 1.41. The number of primary amides is 1. The molecule has 0 saturated heterocycles. The topological polar surface area (TPSA) is 69.1 Å². The monoisotopic (exact) mass is 184 g/mol. The summed E-state index contributed by atoms with van der Waals surface area (Å²) in [5.74, 6) is -0.365. The van der Waals surface area contributed by atoms with Crippen LogP contribution in [0.15, 0.2) is 12.1 Å². The molecule has 1 rings (SSSR count). The molecule has 12 heavy (non-hydrogen) atoms. The Labute approximate surface area is 75.4 Å². The molecule has 3 nitrogen and oxygen atoms in total.